The van der Waals surface area contributed by atoms with Crippen molar-refractivity contribution < 1.29 is 9.47 Å². The Hall–Kier alpha value is -1.96. The molecular weight excluding hydrogens is 332 g/mol. The van der Waals surface area contributed by atoms with Gasteiger partial charge >= 0.3 is 0 Å². The van der Waals surface area contributed by atoms with Gasteiger partial charge in [-0.15, -0.1) is 0 Å². The zero-order valence-corrected chi connectivity index (χ0v) is 17.6. The number of unbranched alkanes of at least 4 members (excludes halogenated alkanes) is 4. The summed E-state index contributed by atoms with van der Waals surface area (Å²) in [5.41, 5.74) is 4.98. The van der Waals surface area contributed by atoms with Gasteiger partial charge < -0.3 is 9.47 Å². The van der Waals surface area contributed by atoms with Gasteiger partial charge in [-0.1, -0.05) is 63.8 Å². The minimum absolute atomic E-state index is 0.603. The lowest BCUT2D eigenvalue weighted by Crippen LogP contribution is -2.02. The fraction of sp³-hybridized carbons (Fsp3) is 0.520. The lowest BCUT2D eigenvalue weighted by molar-refractivity contribution is 0.294. The molecule has 2 heteroatoms. The monoisotopic (exact) mass is 368 g/mol. The van der Waals surface area contributed by atoms with E-state index in [9.17, 15) is 0 Å². The Morgan fingerprint density at radius 2 is 1.19 bits per heavy atom. The maximum Gasteiger partial charge on any atom is 0.123 e. The molecule has 0 aliphatic rings. The molecule has 0 atom stereocenters. The van der Waals surface area contributed by atoms with Crippen LogP contribution in [0.15, 0.2) is 36.4 Å². The number of benzene rings is 2. The smallest absolute Gasteiger partial charge is 0.123 e. The molecular formula is C25H36O2. The molecule has 0 aliphatic carbocycles. The van der Waals surface area contributed by atoms with Gasteiger partial charge in [-0.2, -0.15) is 0 Å². The third-order valence-corrected chi connectivity index (χ3v) is 5.18. The van der Waals surface area contributed by atoms with E-state index in [-0.39, 0.29) is 0 Å². The second-order valence-corrected chi connectivity index (χ2v) is 7.43. The quantitative estimate of drug-likeness (QED) is 0.369. The topological polar surface area (TPSA) is 18.5 Å². The summed E-state index contributed by atoms with van der Waals surface area (Å²) in [5, 5.41) is 0. The van der Waals surface area contributed by atoms with Crippen LogP contribution in [0.1, 0.15) is 74.6 Å². The predicted octanol–water partition coefficient (Wildman–Crippen LogP) is 7.18. The van der Waals surface area contributed by atoms with Gasteiger partial charge in [0.05, 0.1) is 6.61 Å². The van der Waals surface area contributed by atoms with Crippen molar-refractivity contribution in [3.05, 3.63) is 58.7 Å². The molecule has 0 radical (unpaired) electrons. The van der Waals surface area contributed by atoms with E-state index >= 15 is 0 Å². The second kappa shape index (κ2) is 11.7. The number of ether oxygens (including phenoxy) is 2. The molecule has 0 bridgehead atoms. The normalized spacial score (nSPS) is 10.8. The summed E-state index contributed by atoms with van der Waals surface area (Å²) in [6.07, 6.45) is 8.58. The van der Waals surface area contributed by atoms with Gasteiger partial charge in [0.1, 0.15) is 18.1 Å². The molecule has 0 unspecified atom stereocenters. The Balaban J connectivity index is 1.88. The van der Waals surface area contributed by atoms with Crippen LogP contribution in [0, 0.1) is 13.8 Å². The van der Waals surface area contributed by atoms with Gasteiger partial charge in [-0.3, -0.25) is 0 Å². The van der Waals surface area contributed by atoms with Gasteiger partial charge in [0.2, 0.25) is 0 Å². The number of aryl methyl sites for hydroxylation is 1. The van der Waals surface area contributed by atoms with Crippen molar-refractivity contribution in [3.8, 4) is 11.5 Å². The first-order valence-corrected chi connectivity index (χ1v) is 10.6. The first kappa shape index (κ1) is 21.3. The average molecular weight is 369 g/mol. The van der Waals surface area contributed by atoms with E-state index in [0.29, 0.717) is 6.61 Å². The van der Waals surface area contributed by atoms with E-state index in [0.717, 1.165) is 24.5 Å². The fourth-order valence-electron chi connectivity index (χ4n) is 3.16. The molecule has 0 fully saturated rings. The minimum atomic E-state index is 0.603. The van der Waals surface area contributed by atoms with Crippen molar-refractivity contribution in [1.82, 2.24) is 0 Å². The Morgan fingerprint density at radius 1 is 0.630 bits per heavy atom. The summed E-state index contributed by atoms with van der Waals surface area (Å²) in [6, 6.07) is 12.9. The molecule has 0 saturated carbocycles. The third kappa shape index (κ3) is 6.93. The lowest BCUT2D eigenvalue weighted by atomic mass is 10.1. The summed E-state index contributed by atoms with van der Waals surface area (Å²) in [6.45, 7) is 10.1. The maximum atomic E-state index is 6.08. The van der Waals surface area contributed by atoms with Crippen LogP contribution in [0.3, 0.4) is 0 Å². The minimum Gasteiger partial charge on any atom is -0.493 e. The number of hydrogen-bond acceptors (Lipinski definition) is 2. The van der Waals surface area contributed by atoms with E-state index in [2.05, 4.69) is 52.0 Å². The SMILES string of the molecule is CCCCCOc1ccc(OCc2ccc(CCCCC)cc2)c(C)c1C. The Morgan fingerprint density at radius 3 is 1.81 bits per heavy atom. The molecule has 0 N–H and O–H groups in total. The molecule has 0 heterocycles. The molecule has 2 aromatic carbocycles. The molecule has 0 spiro atoms. The average Bonchev–Trinajstić information content (AvgIpc) is 2.69. The van der Waals surface area contributed by atoms with Crippen LogP contribution in [0.25, 0.3) is 0 Å². The Kier molecular flexibility index (Phi) is 9.24. The molecule has 0 saturated heterocycles. The first-order chi connectivity index (χ1) is 13.2. The highest BCUT2D eigenvalue weighted by Gasteiger charge is 2.09. The van der Waals surface area contributed by atoms with Crippen molar-refractivity contribution in [3.63, 3.8) is 0 Å². The fourth-order valence-corrected chi connectivity index (χ4v) is 3.16. The standard InChI is InChI=1S/C25H36O2/c1-5-7-9-11-22-12-14-23(15-13-22)19-27-25-17-16-24(20(3)21(25)4)26-18-10-8-6-2/h12-17H,5-11,18-19H2,1-4H3. The van der Waals surface area contributed by atoms with Gasteiger partial charge in [0, 0.05) is 0 Å². The highest BCUT2D eigenvalue weighted by molar-refractivity contribution is 5.47. The van der Waals surface area contributed by atoms with Crippen LogP contribution in [-0.4, -0.2) is 6.61 Å². The molecule has 27 heavy (non-hydrogen) atoms. The number of hydrogen-bond donors (Lipinski definition) is 0. The molecule has 2 nitrogen and oxygen atoms in total. The lowest BCUT2D eigenvalue weighted by Gasteiger charge is -2.15. The molecule has 0 aromatic heterocycles. The third-order valence-electron chi connectivity index (χ3n) is 5.18. The van der Waals surface area contributed by atoms with Crippen LogP contribution in [0.5, 0.6) is 11.5 Å². The van der Waals surface area contributed by atoms with Crippen LogP contribution < -0.4 is 9.47 Å². The van der Waals surface area contributed by atoms with E-state index < -0.39 is 0 Å². The van der Waals surface area contributed by atoms with Crippen molar-refractivity contribution in [2.75, 3.05) is 6.61 Å². The van der Waals surface area contributed by atoms with Crippen LogP contribution in [0.4, 0.5) is 0 Å². The van der Waals surface area contributed by atoms with Gasteiger partial charge in [-0.05, 0) is 67.5 Å². The summed E-state index contributed by atoms with van der Waals surface area (Å²) in [4.78, 5) is 0. The molecule has 2 aromatic rings. The van der Waals surface area contributed by atoms with Crippen LogP contribution in [0.2, 0.25) is 0 Å². The highest BCUT2D eigenvalue weighted by Crippen LogP contribution is 2.30. The Bertz CT molecular complexity index is 673. The van der Waals surface area contributed by atoms with Crippen LogP contribution >= 0.6 is 0 Å². The molecule has 0 aliphatic heterocycles. The van der Waals surface area contributed by atoms with Crippen molar-refractivity contribution in [2.45, 2.75) is 79.2 Å². The summed E-state index contributed by atoms with van der Waals surface area (Å²) in [5.74, 6) is 1.92. The maximum absolute atomic E-state index is 6.08. The zero-order chi connectivity index (χ0) is 19.5. The molecule has 2 rings (SSSR count). The van der Waals surface area contributed by atoms with Crippen LogP contribution in [-0.2, 0) is 13.0 Å². The van der Waals surface area contributed by atoms with Gasteiger partial charge in [0.15, 0.2) is 0 Å². The largest absolute Gasteiger partial charge is 0.493 e. The first-order valence-electron chi connectivity index (χ1n) is 10.6. The zero-order valence-electron chi connectivity index (χ0n) is 17.6. The summed E-state index contributed by atoms with van der Waals surface area (Å²) in [7, 11) is 0. The Labute approximate surface area is 165 Å². The van der Waals surface area contributed by atoms with Gasteiger partial charge in [0.25, 0.3) is 0 Å². The van der Waals surface area contributed by atoms with Gasteiger partial charge in [-0.25, -0.2) is 0 Å². The van der Waals surface area contributed by atoms with E-state index in [4.69, 9.17) is 9.47 Å². The molecule has 148 valence electrons. The van der Waals surface area contributed by atoms with Crippen molar-refractivity contribution in [2.24, 2.45) is 0 Å². The summed E-state index contributed by atoms with van der Waals surface area (Å²) >= 11 is 0. The highest BCUT2D eigenvalue weighted by atomic mass is 16.5. The number of rotatable bonds is 12. The van der Waals surface area contributed by atoms with Crippen molar-refractivity contribution >= 4 is 0 Å². The molecule has 0 amide bonds. The van der Waals surface area contributed by atoms with E-state index in [1.54, 1.807) is 0 Å². The van der Waals surface area contributed by atoms with E-state index in [1.165, 1.54) is 60.8 Å². The van der Waals surface area contributed by atoms with E-state index in [1.807, 2.05) is 12.1 Å². The summed E-state index contributed by atoms with van der Waals surface area (Å²) < 4.78 is 12.0. The van der Waals surface area contributed by atoms with Crippen molar-refractivity contribution in [1.29, 1.82) is 0 Å². The predicted molar refractivity (Wildman–Crippen MR) is 115 cm³/mol. The second-order valence-electron chi connectivity index (χ2n) is 7.43.